The zero-order valence-electron chi connectivity index (χ0n) is 15.5. The second kappa shape index (κ2) is 8.41. The smallest absolute Gasteiger partial charge is 0.308 e. The van der Waals surface area contributed by atoms with Crippen LogP contribution in [0.5, 0.6) is 0 Å². The fraction of sp³-hybridized carbons (Fsp3) is 0.350. The molecule has 1 amide bonds. The van der Waals surface area contributed by atoms with E-state index in [-0.39, 0.29) is 6.54 Å². The van der Waals surface area contributed by atoms with Gasteiger partial charge in [0.1, 0.15) is 5.92 Å². The van der Waals surface area contributed by atoms with E-state index in [0.717, 1.165) is 13.8 Å². The minimum Gasteiger partial charge on any atom is -0.308 e. The Hall–Kier alpha value is -2.90. The van der Waals surface area contributed by atoms with E-state index < -0.39 is 34.9 Å². The van der Waals surface area contributed by atoms with Crippen LogP contribution in [0.3, 0.4) is 0 Å². The van der Waals surface area contributed by atoms with Crippen molar-refractivity contribution in [3.05, 3.63) is 76.3 Å². The number of hydrogen-bond donors (Lipinski definition) is 0. The Kier molecular flexibility index (Phi) is 6.43. The largest absolute Gasteiger partial charge is 0.461 e. The number of anilines is 1. The monoisotopic (exact) mass is 394 g/mol. The molecule has 0 aliphatic heterocycles. The van der Waals surface area contributed by atoms with Gasteiger partial charge in [-0.15, -0.1) is 0 Å². The molecule has 0 heterocycles. The highest BCUT2D eigenvalue weighted by Gasteiger charge is 2.69. The van der Waals surface area contributed by atoms with Crippen LogP contribution >= 0.6 is 0 Å². The summed E-state index contributed by atoms with van der Waals surface area (Å²) in [6.07, 6.45) is -6.01. The molecule has 2 rings (SSSR count). The highest BCUT2D eigenvalue weighted by Crippen LogP contribution is 2.42. The fourth-order valence-electron chi connectivity index (χ4n) is 3.25. The first-order chi connectivity index (χ1) is 13.1. The van der Waals surface area contributed by atoms with Crippen molar-refractivity contribution in [2.24, 2.45) is 5.92 Å². The number of carbonyl (C=O) groups excluding carboxylic acids is 1. The molecule has 0 fully saturated rings. The Morgan fingerprint density at radius 1 is 1.07 bits per heavy atom. The van der Waals surface area contributed by atoms with Crippen LogP contribution in [0.25, 0.3) is 0 Å². The number of rotatable bonds is 7. The van der Waals surface area contributed by atoms with Gasteiger partial charge in [-0.25, -0.2) is 0 Å². The first-order valence-corrected chi connectivity index (χ1v) is 8.76. The molecule has 150 valence electrons. The number of nitrogens with zero attached hydrogens (tertiary/aromatic N) is 2. The minimum absolute atomic E-state index is 0.00337. The Labute approximate surface area is 160 Å². The standard InChI is InChI=1S/C20H21F3N2O3/c1-3-19(25(27)28,20(21,22)23)15(2)18(26)24(17-12-8-5-9-13-17)14-16-10-6-4-7-11-16/h4-13,15H,3,14H2,1-2H3/t15-,19-/m0/s1. The number of hydrogen-bond acceptors (Lipinski definition) is 3. The molecule has 0 aliphatic carbocycles. The molecule has 0 unspecified atom stereocenters. The lowest BCUT2D eigenvalue weighted by molar-refractivity contribution is -0.620. The van der Waals surface area contributed by atoms with E-state index in [0.29, 0.717) is 11.3 Å². The predicted octanol–water partition coefficient (Wildman–Crippen LogP) is 4.84. The normalized spacial score (nSPS) is 14.8. The Bertz CT molecular complexity index is 812. The molecule has 5 nitrogen and oxygen atoms in total. The molecular weight excluding hydrogens is 373 g/mol. The van der Waals surface area contributed by atoms with E-state index in [1.165, 1.54) is 4.90 Å². The molecule has 0 bridgehead atoms. The van der Waals surface area contributed by atoms with Crippen molar-refractivity contribution in [1.82, 2.24) is 0 Å². The van der Waals surface area contributed by atoms with Gasteiger partial charge < -0.3 is 4.90 Å². The van der Waals surface area contributed by atoms with Gasteiger partial charge >= 0.3 is 11.7 Å². The Morgan fingerprint density at radius 3 is 2.00 bits per heavy atom. The molecule has 28 heavy (non-hydrogen) atoms. The number of nitro groups is 1. The lowest BCUT2D eigenvalue weighted by Crippen LogP contribution is -2.60. The fourth-order valence-corrected chi connectivity index (χ4v) is 3.25. The number of para-hydroxylation sites is 1. The van der Waals surface area contributed by atoms with E-state index in [2.05, 4.69) is 0 Å². The summed E-state index contributed by atoms with van der Waals surface area (Å²) in [5.74, 6) is -2.86. The molecule has 2 atom stereocenters. The third kappa shape index (κ3) is 4.00. The molecule has 0 saturated carbocycles. The van der Waals surface area contributed by atoms with Gasteiger partial charge in [0, 0.05) is 17.0 Å². The zero-order chi connectivity index (χ0) is 20.9. The van der Waals surface area contributed by atoms with Gasteiger partial charge in [-0.05, 0) is 24.6 Å². The van der Waals surface area contributed by atoms with Gasteiger partial charge in [-0.3, -0.25) is 14.9 Å². The summed E-state index contributed by atoms with van der Waals surface area (Å²) in [7, 11) is 0. The van der Waals surface area contributed by atoms with E-state index in [4.69, 9.17) is 0 Å². The SMILES string of the molecule is CC[C@@]([C@@H](C)C(=O)N(Cc1ccccc1)c1ccccc1)([N+](=O)[O-])C(F)(F)F. The maximum Gasteiger partial charge on any atom is 0.461 e. The molecule has 0 radical (unpaired) electrons. The van der Waals surface area contributed by atoms with Crippen molar-refractivity contribution in [2.75, 3.05) is 4.90 Å². The number of alkyl halides is 3. The van der Waals surface area contributed by atoms with Gasteiger partial charge in [0.25, 0.3) is 0 Å². The molecule has 0 aliphatic rings. The lowest BCUT2D eigenvalue weighted by Gasteiger charge is -2.34. The highest BCUT2D eigenvalue weighted by molar-refractivity contribution is 5.95. The molecule has 2 aromatic rings. The van der Waals surface area contributed by atoms with Crippen LogP contribution in [-0.2, 0) is 11.3 Å². The summed E-state index contributed by atoms with van der Waals surface area (Å²) in [4.78, 5) is 24.4. The summed E-state index contributed by atoms with van der Waals surface area (Å²) in [6.45, 7) is 2.05. The summed E-state index contributed by atoms with van der Waals surface area (Å²) in [6, 6.07) is 16.9. The predicted molar refractivity (Wildman–Crippen MR) is 99.3 cm³/mol. The van der Waals surface area contributed by atoms with Crippen LogP contribution in [0.2, 0.25) is 0 Å². The van der Waals surface area contributed by atoms with Gasteiger partial charge in [0.05, 0.1) is 6.54 Å². The van der Waals surface area contributed by atoms with Gasteiger partial charge in [-0.2, -0.15) is 13.2 Å². The van der Waals surface area contributed by atoms with E-state index in [1.54, 1.807) is 60.7 Å². The summed E-state index contributed by atoms with van der Waals surface area (Å²) in [5.41, 5.74) is -2.28. The topological polar surface area (TPSA) is 63.5 Å². The average Bonchev–Trinajstić information content (AvgIpc) is 2.66. The van der Waals surface area contributed by atoms with Crippen molar-refractivity contribution >= 4 is 11.6 Å². The lowest BCUT2D eigenvalue weighted by atomic mass is 9.81. The van der Waals surface area contributed by atoms with Crippen LogP contribution in [0.15, 0.2) is 60.7 Å². The van der Waals surface area contributed by atoms with Crippen LogP contribution in [0.1, 0.15) is 25.8 Å². The van der Waals surface area contributed by atoms with Crippen LogP contribution in [0, 0.1) is 16.0 Å². The summed E-state index contributed by atoms with van der Waals surface area (Å²) < 4.78 is 41.2. The zero-order valence-corrected chi connectivity index (χ0v) is 15.5. The molecule has 0 N–H and O–H groups in total. The molecule has 0 spiro atoms. The van der Waals surface area contributed by atoms with Gasteiger partial charge in [0.2, 0.25) is 5.91 Å². The molecule has 0 saturated heterocycles. The number of carbonyl (C=O) groups is 1. The maximum atomic E-state index is 13.7. The molecule has 2 aromatic carbocycles. The van der Waals surface area contributed by atoms with Crippen molar-refractivity contribution in [3.8, 4) is 0 Å². The molecule has 8 heteroatoms. The number of benzene rings is 2. The highest BCUT2D eigenvalue weighted by atomic mass is 19.4. The molecular formula is C20H21F3N2O3. The van der Waals surface area contributed by atoms with Crippen LogP contribution in [-0.4, -0.2) is 22.5 Å². The van der Waals surface area contributed by atoms with Crippen molar-refractivity contribution in [3.63, 3.8) is 0 Å². The minimum atomic E-state index is -5.17. The summed E-state index contributed by atoms with van der Waals surface area (Å²) >= 11 is 0. The Morgan fingerprint density at radius 2 is 1.57 bits per heavy atom. The average molecular weight is 394 g/mol. The van der Waals surface area contributed by atoms with Gasteiger partial charge in [0.15, 0.2) is 0 Å². The van der Waals surface area contributed by atoms with E-state index in [1.807, 2.05) is 0 Å². The second-order valence-corrected chi connectivity index (χ2v) is 6.50. The second-order valence-electron chi connectivity index (χ2n) is 6.50. The molecule has 0 aromatic heterocycles. The van der Waals surface area contributed by atoms with Crippen LogP contribution < -0.4 is 4.90 Å². The van der Waals surface area contributed by atoms with Crippen molar-refractivity contribution in [1.29, 1.82) is 0 Å². The van der Waals surface area contributed by atoms with Crippen molar-refractivity contribution in [2.45, 2.75) is 38.5 Å². The summed E-state index contributed by atoms with van der Waals surface area (Å²) in [5, 5.41) is 11.5. The maximum absolute atomic E-state index is 13.7. The van der Waals surface area contributed by atoms with E-state index >= 15 is 0 Å². The van der Waals surface area contributed by atoms with Gasteiger partial charge in [-0.1, -0.05) is 55.5 Å². The quantitative estimate of drug-likeness (QED) is 0.498. The third-order valence-electron chi connectivity index (χ3n) is 4.96. The number of halogens is 3. The van der Waals surface area contributed by atoms with Crippen LogP contribution in [0.4, 0.5) is 18.9 Å². The van der Waals surface area contributed by atoms with Crippen molar-refractivity contribution < 1.29 is 22.9 Å². The first kappa shape index (κ1) is 21.4. The van der Waals surface area contributed by atoms with E-state index in [9.17, 15) is 28.1 Å². The first-order valence-electron chi connectivity index (χ1n) is 8.76. The third-order valence-corrected chi connectivity index (χ3v) is 4.96. The number of amides is 1. The Balaban J connectivity index is 2.50.